The lowest BCUT2D eigenvalue weighted by Crippen LogP contribution is -2.45. The summed E-state index contributed by atoms with van der Waals surface area (Å²) in [7, 11) is 2.81. The van der Waals surface area contributed by atoms with Crippen molar-refractivity contribution in [3.05, 3.63) is 29.3 Å². The fourth-order valence-corrected chi connectivity index (χ4v) is 3.85. The summed E-state index contributed by atoms with van der Waals surface area (Å²) >= 11 is 3.59. The number of hydrazine groups is 1. The summed E-state index contributed by atoms with van der Waals surface area (Å²) in [5.41, 5.74) is 7.29. The van der Waals surface area contributed by atoms with Crippen LogP contribution in [0.2, 0.25) is 0 Å². The first kappa shape index (κ1) is 19.7. The molecule has 0 spiro atoms. The maximum absolute atomic E-state index is 12.4. The van der Waals surface area contributed by atoms with Gasteiger partial charge in [-0.1, -0.05) is 35.8 Å². The maximum Gasteiger partial charge on any atom is 0.341 e. The molecule has 25 heavy (non-hydrogen) atoms. The van der Waals surface area contributed by atoms with E-state index in [1.54, 1.807) is 18.2 Å². The van der Waals surface area contributed by atoms with Gasteiger partial charge in [0.2, 0.25) is 5.91 Å². The van der Waals surface area contributed by atoms with Gasteiger partial charge in [-0.25, -0.2) is 10.2 Å². The third kappa shape index (κ3) is 4.50. The molecular weight excluding hydrogens is 390 g/mol. The molecule has 1 aliphatic heterocycles. The third-order valence-electron chi connectivity index (χ3n) is 4.20. The van der Waals surface area contributed by atoms with Crippen molar-refractivity contribution in [1.29, 1.82) is 0 Å². The number of rotatable bonds is 6. The molecule has 1 fully saturated rings. The van der Waals surface area contributed by atoms with Crippen molar-refractivity contribution < 1.29 is 19.1 Å². The number of carbonyl (C=O) groups is 2. The normalized spacial score (nSPS) is 22.7. The number of methoxy groups -OCH3 is 2. The van der Waals surface area contributed by atoms with Crippen LogP contribution in [-0.2, 0) is 16.1 Å². The Morgan fingerprint density at radius 1 is 1.28 bits per heavy atom. The summed E-state index contributed by atoms with van der Waals surface area (Å²) in [6.07, 6.45) is 0. The number of benzene rings is 1. The van der Waals surface area contributed by atoms with Gasteiger partial charge in [0, 0.05) is 12.6 Å². The third-order valence-corrected chi connectivity index (χ3v) is 5.30. The minimum Gasteiger partial charge on any atom is -0.496 e. The van der Waals surface area contributed by atoms with Crippen molar-refractivity contribution in [3.8, 4) is 5.75 Å². The number of nitrogens with one attached hydrogen (secondary N) is 3. The van der Waals surface area contributed by atoms with Crippen LogP contribution in [0, 0.1) is 5.92 Å². The Bertz CT molecular complexity index is 638. The average Bonchev–Trinajstić information content (AvgIpc) is 3.00. The van der Waals surface area contributed by atoms with Crippen molar-refractivity contribution in [2.45, 2.75) is 37.3 Å². The fourth-order valence-electron chi connectivity index (χ4n) is 2.73. The Labute approximate surface area is 155 Å². The van der Waals surface area contributed by atoms with Gasteiger partial charge in [-0.3, -0.25) is 10.2 Å². The number of esters is 1. The predicted octanol–water partition coefficient (Wildman–Crippen LogP) is 1.36. The van der Waals surface area contributed by atoms with Gasteiger partial charge in [-0.2, -0.15) is 0 Å². The Kier molecular flexibility index (Phi) is 6.80. The van der Waals surface area contributed by atoms with E-state index in [0.717, 1.165) is 5.56 Å². The van der Waals surface area contributed by atoms with Crippen LogP contribution in [0.1, 0.15) is 29.8 Å². The fraction of sp³-hybridized carbons (Fsp3) is 0.529. The Morgan fingerprint density at radius 3 is 2.56 bits per heavy atom. The van der Waals surface area contributed by atoms with Gasteiger partial charge in [0.25, 0.3) is 0 Å². The first-order valence-corrected chi connectivity index (χ1v) is 8.98. The number of halogens is 1. The molecule has 1 aromatic rings. The molecule has 1 saturated heterocycles. The summed E-state index contributed by atoms with van der Waals surface area (Å²) < 4.78 is 9.92. The summed E-state index contributed by atoms with van der Waals surface area (Å²) in [4.78, 5) is 24.3. The highest BCUT2D eigenvalue weighted by molar-refractivity contribution is 9.09. The lowest BCUT2D eigenvalue weighted by molar-refractivity contribution is -0.122. The molecular formula is C17H24BrN3O4. The van der Waals surface area contributed by atoms with Gasteiger partial charge < -0.3 is 14.8 Å². The van der Waals surface area contributed by atoms with Crippen molar-refractivity contribution >= 4 is 27.8 Å². The topological polar surface area (TPSA) is 88.7 Å². The zero-order chi connectivity index (χ0) is 18.6. The highest BCUT2D eigenvalue weighted by Gasteiger charge is 2.39. The average molecular weight is 414 g/mol. The zero-order valence-electron chi connectivity index (χ0n) is 14.8. The van der Waals surface area contributed by atoms with E-state index < -0.39 is 5.97 Å². The molecule has 0 saturated carbocycles. The molecule has 0 aliphatic carbocycles. The van der Waals surface area contributed by atoms with Crippen LogP contribution in [0.15, 0.2) is 18.2 Å². The Balaban J connectivity index is 2.01. The molecule has 0 aromatic heterocycles. The number of alkyl halides is 1. The van der Waals surface area contributed by atoms with Crippen molar-refractivity contribution in [3.63, 3.8) is 0 Å². The van der Waals surface area contributed by atoms with E-state index in [9.17, 15) is 9.59 Å². The van der Waals surface area contributed by atoms with E-state index in [2.05, 4.69) is 45.9 Å². The second-order valence-electron chi connectivity index (χ2n) is 6.22. The standard InChI is InChI=1S/C17H24BrN3O4/c1-9(2)14-13(18)15(21-20-14)16(22)19-8-10-5-6-12(24-3)11(7-10)17(23)25-4/h5-7,9,13-15,20-21H,8H2,1-4H3,(H,19,22). The molecule has 3 unspecified atom stereocenters. The highest BCUT2D eigenvalue weighted by atomic mass is 79.9. The summed E-state index contributed by atoms with van der Waals surface area (Å²) in [6.45, 7) is 4.50. The van der Waals surface area contributed by atoms with Gasteiger partial charge in [0.05, 0.1) is 19.0 Å². The summed E-state index contributed by atoms with van der Waals surface area (Å²) in [5, 5.41) is 2.89. The molecule has 1 heterocycles. The molecule has 138 valence electrons. The van der Waals surface area contributed by atoms with Crippen LogP contribution in [0.25, 0.3) is 0 Å². The Morgan fingerprint density at radius 2 is 2.00 bits per heavy atom. The van der Waals surface area contributed by atoms with Crippen molar-refractivity contribution in [2.75, 3.05) is 14.2 Å². The molecule has 1 amide bonds. The number of amides is 1. The molecule has 3 N–H and O–H groups in total. The van der Waals surface area contributed by atoms with Crippen LogP contribution in [0.3, 0.4) is 0 Å². The second kappa shape index (κ2) is 8.64. The van der Waals surface area contributed by atoms with E-state index in [0.29, 0.717) is 23.8 Å². The first-order chi connectivity index (χ1) is 11.9. The van der Waals surface area contributed by atoms with E-state index in [-0.39, 0.29) is 22.8 Å². The molecule has 1 aliphatic rings. The van der Waals surface area contributed by atoms with Crippen LogP contribution >= 0.6 is 15.9 Å². The lowest BCUT2D eigenvalue weighted by Gasteiger charge is -2.19. The largest absolute Gasteiger partial charge is 0.496 e. The summed E-state index contributed by atoms with van der Waals surface area (Å²) in [5.74, 6) is 0.225. The molecule has 3 atom stereocenters. The Hall–Kier alpha value is -1.64. The molecule has 0 radical (unpaired) electrons. The van der Waals surface area contributed by atoms with Crippen LogP contribution in [-0.4, -0.2) is 43.0 Å². The van der Waals surface area contributed by atoms with E-state index >= 15 is 0 Å². The van der Waals surface area contributed by atoms with Crippen LogP contribution in [0.5, 0.6) is 5.75 Å². The van der Waals surface area contributed by atoms with Gasteiger partial charge in [0.1, 0.15) is 17.4 Å². The smallest absolute Gasteiger partial charge is 0.341 e. The van der Waals surface area contributed by atoms with Gasteiger partial charge in [-0.15, -0.1) is 0 Å². The van der Waals surface area contributed by atoms with Crippen LogP contribution < -0.4 is 20.9 Å². The number of hydrogen-bond donors (Lipinski definition) is 3. The maximum atomic E-state index is 12.4. The first-order valence-electron chi connectivity index (χ1n) is 8.07. The van der Waals surface area contributed by atoms with Crippen molar-refractivity contribution in [1.82, 2.24) is 16.2 Å². The van der Waals surface area contributed by atoms with Gasteiger partial charge in [-0.05, 0) is 23.6 Å². The second-order valence-corrected chi connectivity index (χ2v) is 7.28. The van der Waals surface area contributed by atoms with E-state index in [1.165, 1.54) is 14.2 Å². The van der Waals surface area contributed by atoms with Gasteiger partial charge in [0.15, 0.2) is 0 Å². The molecule has 7 nitrogen and oxygen atoms in total. The van der Waals surface area contributed by atoms with E-state index in [4.69, 9.17) is 9.47 Å². The molecule has 1 aromatic carbocycles. The highest BCUT2D eigenvalue weighted by Crippen LogP contribution is 2.23. The number of hydrogen-bond acceptors (Lipinski definition) is 6. The molecule has 8 heteroatoms. The minimum absolute atomic E-state index is 0.00556. The van der Waals surface area contributed by atoms with E-state index in [1.807, 2.05) is 0 Å². The monoisotopic (exact) mass is 413 g/mol. The number of carbonyl (C=O) groups excluding carboxylic acids is 2. The zero-order valence-corrected chi connectivity index (χ0v) is 16.3. The van der Waals surface area contributed by atoms with Gasteiger partial charge >= 0.3 is 5.97 Å². The minimum atomic E-state index is -0.480. The number of ether oxygens (including phenoxy) is 2. The summed E-state index contributed by atoms with van der Waals surface area (Å²) in [6, 6.07) is 4.95. The van der Waals surface area contributed by atoms with Crippen molar-refractivity contribution in [2.24, 2.45) is 5.92 Å². The van der Waals surface area contributed by atoms with Crippen LogP contribution in [0.4, 0.5) is 0 Å². The lowest BCUT2D eigenvalue weighted by atomic mass is 9.99. The predicted molar refractivity (Wildman–Crippen MR) is 97.6 cm³/mol. The molecule has 0 bridgehead atoms. The molecule has 2 rings (SSSR count). The quantitative estimate of drug-likeness (QED) is 0.481. The SMILES string of the molecule is COC(=O)c1cc(CNC(=O)C2NNC(C(C)C)C2Br)ccc1OC.